The van der Waals surface area contributed by atoms with Crippen molar-refractivity contribution in [1.29, 1.82) is 5.26 Å². The predicted octanol–water partition coefficient (Wildman–Crippen LogP) is 2.93. The zero-order valence-electron chi connectivity index (χ0n) is 13.9. The molecule has 0 saturated heterocycles. The van der Waals surface area contributed by atoms with Gasteiger partial charge < -0.3 is 5.21 Å². The Labute approximate surface area is 150 Å². The summed E-state index contributed by atoms with van der Waals surface area (Å²) in [5.74, 6) is 0. The second-order valence-corrected chi connectivity index (χ2v) is 7.47. The van der Waals surface area contributed by atoms with Crippen LogP contribution in [0.2, 0.25) is 0 Å². The highest BCUT2D eigenvalue weighted by Crippen LogP contribution is 2.18. The minimum atomic E-state index is -3.94. The number of nitriles is 1. The second kappa shape index (κ2) is 6.86. The SMILES string of the molecule is Cc1cc(=NC=C(C#N)S(=O)(=O)c2ccccc2)c2ccccc2n1O. The summed E-state index contributed by atoms with van der Waals surface area (Å²) in [5.41, 5.74) is 1.06. The summed E-state index contributed by atoms with van der Waals surface area (Å²) in [7, 11) is -3.94. The zero-order valence-corrected chi connectivity index (χ0v) is 14.7. The number of aromatic nitrogens is 1. The Bertz CT molecular complexity index is 1220. The molecule has 1 heterocycles. The Morgan fingerprint density at radius 3 is 2.50 bits per heavy atom. The van der Waals surface area contributed by atoms with E-state index in [2.05, 4.69) is 4.99 Å². The Hall–Kier alpha value is -3.37. The van der Waals surface area contributed by atoms with E-state index in [0.717, 1.165) is 10.9 Å². The summed E-state index contributed by atoms with van der Waals surface area (Å²) in [6, 6.07) is 18.1. The molecule has 6 nitrogen and oxygen atoms in total. The van der Waals surface area contributed by atoms with Crippen LogP contribution in [0.1, 0.15) is 5.69 Å². The summed E-state index contributed by atoms with van der Waals surface area (Å²) >= 11 is 0. The fourth-order valence-electron chi connectivity index (χ4n) is 2.52. The van der Waals surface area contributed by atoms with Crippen LogP contribution in [0.15, 0.2) is 81.7 Å². The number of rotatable bonds is 3. The fourth-order valence-corrected chi connectivity index (χ4v) is 3.60. The standard InChI is InChI=1S/C19H15N3O3S/c1-14-11-18(17-9-5-6-10-19(17)22(14)23)21-13-16(12-20)26(24,25)15-7-3-2-4-8-15/h2-11,13,23H,1H3. The normalized spacial score (nSPS) is 12.9. The van der Waals surface area contributed by atoms with Crippen LogP contribution in [0.5, 0.6) is 0 Å². The topological polar surface area (TPSA) is 95.5 Å². The first-order valence-corrected chi connectivity index (χ1v) is 9.18. The quantitative estimate of drug-likeness (QED) is 0.570. The van der Waals surface area contributed by atoms with Gasteiger partial charge in [0.05, 0.1) is 27.7 Å². The zero-order chi connectivity index (χ0) is 18.7. The number of nitrogens with zero attached hydrogens (tertiary/aromatic N) is 3. The van der Waals surface area contributed by atoms with Crippen molar-refractivity contribution in [2.24, 2.45) is 4.99 Å². The molecule has 0 radical (unpaired) electrons. The molecule has 1 aromatic heterocycles. The van der Waals surface area contributed by atoms with Gasteiger partial charge in [0, 0.05) is 5.39 Å². The molecule has 0 amide bonds. The molecular weight excluding hydrogens is 350 g/mol. The minimum Gasteiger partial charge on any atom is -0.428 e. The lowest BCUT2D eigenvalue weighted by Gasteiger charge is -2.07. The molecule has 0 aliphatic heterocycles. The Balaban J connectivity index is 2.21. The average molecular weight is 365 g/mol. The number of fused-ring (bicyclic) bond motifs is 1. The van der Waals surface area contributed by atoms with Gasteiger partial charge in [-0.15, -0.1) is 0 Å². The van der Waals surface area contributed by atoms with Crippen molar-refractivity contribution >= 4 is 20.7 Å². The van der Waals surface area contributed by atoms with E-state index < -0.39 is 14.7 Å². The van der Waals surface area contributed by atoms with Gasteiger partial charge in [0.15, 0.2) is 4.91 Å². The third kappa shape index (κ3) is 3.10. The van der Waals surface area contributed by atoms with E-state index in [1.807, 2.05) is 0 Å². The molecule has 0 aliphatic rings. The molecule has 0 saturated carbocycles. The van der Waals surface area contributed by atoms with Gasteiger partial charge in [-0.3, -0.25) is 4.99 Å². The lowest BCUT2D eigenvalue weighted by molar-refractivity contribution is 0.191. The van der Waals surface area contributed by atoms with Crippen LogP contribution in [0.25, 0.3) is 10.9 Å². The van der Waals surface area contributed by atoms with Gasteiger partial charge in [-0.25, -0.2) is 8.42 Å². The number of sulfone groups is 1. The summed E-state index contributed by atoms with van der Waals surface area (Å²) in [5, 5.41) is 20.5. The highest BCUT2D eigenvalue weighted by atomic mass is 32.2. The second-order valence-electron chi connectivity index (χ2n) is 5.55. The highest BCUT2D eigenvalue weighted by molar-refractivity contribution is 7.95. The summed E-state index contributed by atoms with van der Waals surface area (Å²) in [4.78, 5) is 3.79. The molecule has 0 aliphatic carbocycles. The van der Waals surface area contributed by atoms with E-state index in [1.165, 1.54) is 12.1 Å². The van der Waals surface area contributed by atoms with E-state index in [9.17, 15) is 18.9 Å². The lowest BCUT2D eigenvalue weighted by atomic mass is 10.2. The van der Waals surface area contributed by atoms with E-state index in [0.29, 0.717) is 22.0 Å². The van der Waals surface area contributed by atoms with Crippen molar-refractivity contribution in [2.75, 3.05) is 0 Å². The number of para-hydroxylation sites is 1. The Morgan fingerprint density at radius 1 is 1.15 bits per heavy atom. The Morgan fingerprint density at radius 2 is 1.81 bits per heavy atom. The van der Waals surface area contributed by atoms with Gasteiger partial charge in [0.1, 0.15) is 6.07 Å². The smallest absolute Gasteiger partial charge is 0.218 e. The molecule has 0 fully saturated rings. The maximum atomic E-state index is 12.6. The first-order chi connectivity index (χ1) is 12.4. The number of hydrogen-bond donors (Lipinski definition) is 1. The van der Waals surface area contributed by atoms with Crippen molar-refractivity contribution in [3.63, 3.8) is 0 Å². The first kappa shape index (κ1) is 17.5. The van der Waals surface area contributed by atoms with Crippen LogP contribution in [-0.2, 0) is 9.84 Å². The van der Waals surface area contributed by atoms with Gasteiger partial charge in [-0.05, 0) is 31.2 Å². The third-order valence-electron chi connectivity index (χ3n) is 3.86. The van der Waals surface area contributed by atoms with Crippen molar-refractivity contribution in [1.82, 2.24) is 4.73 Å². The van der Waals surface area contributed by atoms with Gasteiger partial charge in [0.25, 0.3) is 0 Å². The van der Waals surface area contributed by atoms with Crippen molar-refractivity contribution in [3.8, 4) is 6.07 Å². The molecule has 2 aromatic carbocycles. The van der Waals surface area contributed by atoms with Gasteiger partial charge in [-0.2, -0.15) is 9.99 Å². The molecule has 130 valence electrons. The third-order valence-corrected chi connectivity index (χ3v) is 5.53. The highest BCUT2D eigenvalue weighted by Gasteiger charge is 2.20. The van der Waals surface area contributed by atoms with Crippen LogP contribution >= 0.6 is 0 Å². The number of aryl methyl sites for hydroxylation is 1. The molecule has 26 heavy (non-hydrogen) atoms. The number of benzene rings is 2. The number of hydrogen-bond acceptors (Lipinski definition) is 5. The van der Waals surface area contributed by atoms with Gasteiger partial charge in [-0.1, -0.05) is 36.4 Å². The van der Waals surface area contributed by atoms with Gasteiger partial charge >= 0.3 is 0 Å². The fraction of sp³-hybridized carbons (Fsp3) is 0.0526. The van der Waals surface area contributed by atoms with Crippen LogP contribution < -0.4 is 5.36 Å². The van der Waals surface area contributed by atoms with Gasteiger partial charge in [0.2, 0.25) is 9.84 Å². The lowest BCUT2D eigenvalue weighted by Crippen LogP contribution is -2.11. The Kier molecular flexibility index (Phi) is 4.61. The van der Waals surface area contributed by atoms with Crippen LogP contribution in [-0.4, -0.2) is 18.4 Å². The molecule has 0 unspecified atom stereocenters. The first-order valence-electron chi connectivity index (χ1n) is 7.70. The van der Waals surface area contributed by atoms with E-state index in [-0.39, 0.29) is 4.90 Å². The van der Waals surface area contributed by atoms with Crippen molar-refractivity contribution < 1.29 is 13.6 Å². The summed E-state index contributed by atoms with van der Waals surface area (Å²) in [6.07, 6.45) is 1.05. The van der Waals surface area contributed by atoms with E-state index in [1.54, 1.807) is 61.5 Å². The minimum absolute atomic E-state index is 0.0327. The van der Waals surface area contributed by atoms with Crippen molar-refractivity contribution in [2.45, 2.75) is 11.8 Å². The molecule has 0 bridgehead atoms. The number of allylic oxidation sites excluding steroid dienone is 1. The molecule has 3 aromatic rings. The van der Waals surface area contributed by atoms with Crippen LogP contribution in [0.3, 0.4) is 0 Å². The monoisotopic (exact) mass is 365 g/mol. The summed E-state index contributed by atoms with van der Waals surface area (Å²) in [6.45, 7) is 1.70. The van der Waals surface area contributed by atoms with E-state index >= 15 is 0 Å². The van der Waals surface area contributed by atoms with Crippen molar-refractivity contribution in [3.05, 3.63) is 82.8 Å². The predicted molar refractivity (Wildman–Crippen MR) is 96.7 cm³/mol. The average Bonchev–Trinajstić information content (AvgIpc) is 2.66. The summed E-state index contributed by atoms with van der Waals surface area (Å²) < 4.78 is 26.2. The van der Waals surface area contributed by atoms with E-state index in [4.69, 9.17) is 0 Å². The largest absolute Gasteiger partial charge is 0.428 e. The number of pyridine rings is 1. The van der Waals surface area contributed by atoms with Crippen LogP contribution in [0, 0.1) is 18.3 Å². The molecule has 0 atom stereocenters. The molecule has 7 heteroatoms. The molecular formula is C19H15N3O3S. The maximum Gasteiger partial charge on any atom is 0.218 e. The molecule has 3 rings (SSSR count). The van der Waals surface area contributed by atoms with Crippen LogP contribution in [0.4, 0.5) is 0 Å². The maximum absolute atomic E-state index is 12.6. The molecule has 0 spiro atoms. The molecule has 1 N–H and O–H groups in total.